The number of fused-ring (bicyclic) bond motifs is 1. The number of hydrogen-bond acceptors (Lipinski definition) is 4. The second-order valence-electron chi connectivity index (χ2n) is 6.34. The van der Waals surface area contributed by atoms with Crippen molar-refractivity contribution < 1.29 is 14.3 Å². The molecule has 4 atom stereocenters. The Hall–Kier alpha value is -1.14. The van der Waals surface area contributed by atoms with Gasteiger partial charge in [-0.3, -0.25) is 9.59 Å². The zero-order valence-electron chi connectivity index (χ0n) is 12.6. The van der Waals surface area contributed by atoms with Crippen molar-refractivity contribution in [3.8, 4) is 0 Å². The van der Waals surface area contributed by atoms with Gasteiger partial charge in [-0.1, -0.05) is 12.8 Å². The zero-order valence-corrected chi connectivity index (χ0v) is 12.6. The Labute approximate surface area is 125 Å². The number of amides is 2. The van der Waals surface area contributed by atoms with Crippen LogP contribution in [0.1, 0.15) is 32.1 Å². The maximum atomic E-state index is 12.8. The van der Waals surface area contributed by atoms with E-state index in [0.29, 0.717) is 31.7 Å². The van der Waals surface area contributed by atoms with Gasteiger partial charge < -0.3 is 20.3 Å². The van der Waals surface area contributed by atoms with Crippen molar-refractivity contribution in [1.82, 2.24) is 15.5 Å². The largest absolute Gasteiger partial charge is 0.377 e. The second kappa shape index (κ2) is 6.32. The molecule has 118 valence electrons. The lowest BCUT2D eigenvalue weighted by Crippen LogP contribution is -2.59. The smallest absolute Gasteiger partial charge is 0.244 e. The van der Waals surface area contributed by atoms with E-state index in [1.54, 1.807) is 11.9 Å². The lowest BCUT2D eigenvalue weighted by Gasteiger charge is -2.36. The number of likely N-dealkylation sites (N-methyl/N-ethyl adjacent to an activating group) is 1. The normalized spacial score (nSPS) is 36.1. The Bertz CT molecular complexity index is 401. The van der Waals surface area contributed by atoms with Crippen LogP contribution in [0.5, 0.6) is 0 Å². The molecule has 0 aromatic rings. The van der Waals surface area contributed by atoms with E-state index in [2.05, 4.69) is 10.6 Å². The molecule has 2 N–H and O–H groups in total. The highest BCUT2D eigenvalue weighted by atomic mass is 16.5. The average Bonchev–Trinajstić information content (AvgIpc) is 2.97. The molecular formula is C15H25N3O3. The molecule has 6 heteroatoms. The molecule has 0 aromatic carbocycles. The van der Waals surface area contributed by atoms with Crippen LogP contribution in [0.25, 0.3) is 0 Å². The molecule has 2 saturated heterocycles. The minimum atomic E-state index is -0.485. The summed E-state index contributed by atoms with van der Waals surface area (Å²) >= 11 is 0. The molecular weight excluding hydrogens is 270 g/mol. The molecule has 1 saturated carbocycles. The highest BCUT2D eigenvalue weighted by Gasteiger charge is 2.42. The predicted octanol–water partition coefficient (Wildman–Crippen LogP) is -0.119. The summed E-state index contributed by atoms with van der Waals surface area (Å²) in [5.74, 6) is 0.562. The van der Waals surface area contributed by atoms with Gasteiger partial charge in [0.25, 0.3) is 0 Å². The van der Waals surface area contributed by atoms with Gasteiger partial charge in [0, 0.05) is 19.6 Å². The molecule has 0 aromatic heterocycles. The van der Waals surface area contributed by atoms with Crippen molar-refractivity contribution in [2.45, 2.75) is 50.2 Å². The molecule has 0 bridgehead atoms. The topological polar surface area (TPSA) is 70.7 Å². The summed E-state index contributed by atoms with van der Waals surface area (Å²) in [7, 11) is 1.60. The first kappa shape index (κ1) is 14.8. The van der Waals surface area contributed by atoms with Crippen molar-refractivity contribution >= 4 is 11.8 Å². The Balaban J connectivity index is 1.67. The van der Waals surface area contributed by atoms with E-state index in [1.807, 2.05) is 0 Å². The fraction of sp³-hybridized carbons (Fsp3) is 0.867. The maximum Gasteiger partial charge on any atom is 0.244 e. The van der Waals surface area contributed by atoms with Crippen molar-refractivity contribution in [1.29, 1.82) is 0 Å². The van der Waals surface area contributed by atoms with Gasteiger partial charge in [-0.25, -0.2) is 0 Å². The number of nitrogens with one attached hydrogen (secondary N) is 2. The van der Waals surface area contributed by atoms with Crippen molar-refractivity contribution in [2.24, 2.45) is 5.92 Å². The quantitative estimate of drug-likeness (QED) is 0.745. The third kappa shape index (κ3) is 2.92. The monoisotopic (exact) mass is 295 g/mol. The van der Waals surface area contributed by atoms with E-state index in [-0.39, 0.29) is 17.9 Å². The zero-order chi connectivity index (χ0) is 14.8. The fourth-order valence-corrected chi connectivity index (χ4v) is 3.96. The van der Waals surface area contributed by atoms with Gasteiger partial charge >= 0.3 is 0 Å². The molecule has 3 rings (SSSR count). The van der Waals surface area contributed by atoms with Gasteiger partial charge in [0.2, 0.25) is 11.8 Å². The van der Waals surface area contributed by atoms with E-state index in [4.69, 9.17) is 4.74 Å². The first-order chi connectivity index (χ1) is 10.2. The Morgan fingerprint density at radius 1 is 1.29 bits per heavy atom. The van der Waals surface area contributed by atoms with E-state index < -0.39 is 6.04 Å². The number of hydrogen-bond donors (Lipinski definition) is 2. The number of morpholine rings is 1. The van der Waals surface area contributed by atoms with Gasteiger partial charge in [0.05, 0.1) is 19.3 Å². The Morgan fingerprint density at radius 3 is 2.86 bits per heavy atom. The summed E-state index contributed by atoms with van der Waals surface area (Å²) in [6.07, 6.45) is 5.86. The van der Waals surface area contributed by atoms with E-state index in [0.717, 1.165) is 6.42 Å². The molecule has 6 nitrogen and oxygen atoms in total. The number of rotatable bonds is 2. The molecule has 4 unspecified atom stereocenters. The lowest BCUT2D eigenvalue weighted by molar-refractivity contribution is -0.149. The Kier molecular flexibility index (Phi) is 4.45. The lowest BCUT2D eigenvalue weighted by atomic mass is 9.85. The van der Waals surface area contributed by atoms with E-state index in [1.165, 1.54) is 25.7 Å². The van der Waals surface area contributed by atoms with Gasteiger partial charge in [0.1, 0.15) is 6.04 Å². The standard InChI is InChI=1S/C15H25N3O3/c1-16-14(19)13-9-21-7-6-18(13)15(20)12-8-10-4-2-3-5-11(10)17-12/h10-13,17H,2-9H2,1H3,(H,16,19). The van der Waals surface area contributed by atoms with Crippen LogP contribution in [-0.4, -0.2) is 61.6 Å². The summed E-state index contributed by atoms with van der Waals surface area (Å²) in [6, 6.07) is -0.115. The molecule has 2 heterocycles. The summed E-state index contributed by atoms with van der Waals surface area (Å²) in [6.45, 7) is 1.31. The Morgan fingerprint density at radius 2 is 2.10 bits per heavy atom. The summed E-state index contributed by atoms with van der Waals surface area (Å²) in [4.78, 5) is 26.5. The van der Waals surface area contributed by atoms with Crippen molar-refractivity contribution in [3.05, 3.63) is 0 Å². The molecule has 1 aliphatic carbocycles. The van der Waals surface area contributed by atoms with Gasteiger partial charge in [-0.2, -0.15) is 0 Å². The molecule has 21 heavy (non-hydrogen) atoms. The van der Waals surface area contributed by atoms with Crippen LogP contribution >= 0.6 is 0 Å². The highest BCUT2D eigenvalue weighted by molar-refractivity contribution is 5.90. The minimum Gasteiger partial charge on any atom is -0.377 e. The summed E-state index contributed by atoms with van der Waals surface area (Å²) in [5.41, 5.74) is 0. The van der Waals surface area contributed by atoms with Gasteiger partial charge in [-0.15, -0.1) is 0 Å². The molecule has 2 aliphatic heterocycles. The SMILES string of the molecule is CNC(=O)C1COCCN1C(=O)C1CC2CCCCC2N1. The first-order valence-electron chi connectivity index (χ1n) is 8.06. The summed E-state index contributed by atoms with van der Waals surface area (Å²) in [5, 5.41) is 6.13. The molecule has 3 fully saturated rings. The van der Waals surface area contributed by atoms with Crippen molar-refractivity contribution in [3.63, 3.8) is 0 Å². The van der Waals surface area contributed by atoms with Crippen LogP contribution in [0, 0.1) is 5.92 Å². The van der Waals surface area contributed by atoms with Crippen LogP contribution < -0.4 is 10.6 Å². The minimum absolute atomic E-state index is 0.0706. The third-order valence-corrected chi connectivity index (χ3v) is 5.12. The average molecular weight is 295 g/mol. The van der Waals surface area contributed by atoms with Crippen LogP contribution in [0.2, 0.25) is 0 Å². The number of carbonyl (C=O) groups excluding carboxylic acids is 2. The fourth-order valence-electron chi connectivity index (χ4n) is 3.96. The number of carbonyl (C=O) groups is 2. The van der Waals surface area contributed by atoms with Crippen LogP contribution in [-0.2, 0) is 14.3 Å². The number of nitrogens with zero attached hydrogens (tertiary/aromatic N) is 1. The predicted molar refractivity (Wildman–Crippen MR) is 77.7 cm³/mol. The molecule has 0 radical (unpaired) electrons. The molecule has 0 spiro atoms. The first-order valence-corrected chi connectivity index (χ1v) is 8.06. The maximum absolute atomic E-state index is 12.8. The van der Waals surface area contributed by atoms with E-state index >= 15 is 0 Å². The van der Waals surface area contributed by atoms with Gasteiger partial charge in [-0.05, 0) is 25.2 Å². The van der Waals surface area contributed by atoms with Crippen molar-refractivity contribution in [2.75, 3.05) is 26.8 Å². The molecule has 3 aliphatic rings. The molecule has 2 amide bonds. The second-order valence-corrected chi connectivity index (χ2v) is 6.34. The van der Waals surface area contributed by atoms with Crippen LogP contribution in [0.3, 0.4) is 0 Å². The van der Waals surface area contributed by atoms with E-state index in [9.17, 15) is 9.59 Å². The summed E-state index contributed by atoms with van der Waals surface area (Å²) < 4.78 is 5.37. The third-order valence-electron chi connectivity index (χ3n) is 5.12. The number of ether oxygens (including phenoxy) is 1. The van der Waals surface area contributed by atoms with Crippen LogP contribution in [0.4, 0.5) is 0 Å². The van der Waals surface area contributed by atoms with Crippen LogP contribution in [0.15, 0.2) is 0 Å². The van der Waals surface area contributed by atoms with Gasteiger partial charge in [0.15, 0.2) is 0 Å². The highest BCUT2D eigenvalue weighted by Crippen LogP contribution is 2.34.